The number of aromatic nitrogens is 1. The van der Waals surface area contributed by atoms with Crippen LogP contribution in [0.3, 0.4) is 0 Å². The summed E-state index contributed by atoms with van der Waals surface area (Å²) >= 11 is 0. The van der Waals surface area contributed by atoms with E-state index in [1.165, 1.54) is 7.11 Å². The lowest BCUT2D eigenvalue weighted by Crippen LogP contribution is -2.53. The van der Waals surface area contributed by atoms with Crippen LogP contribution in [-0.4, -0.2) is 71.8 Å². The maximum atomic E-state index is 13.1. The molecule has 0 radical (unpaired) electrons. The number of piperazine rings is 1. The molecule has 1 unspecified atom stereocenters. The minimum Gasteiger partial charge on any atom is -0.465 e. The molecule has 2 heterocycles. The topological polar surface area (TPSA) is 82.7 Å². The summed E-state index contributed by atoms with van der Waals surface area (Å²) in [5.41, 5.74) is 4.29. The monoisotopic (exact) mass is 425 g/mol. The number of amides is 1. The largest absolute Gasteiger partial charge is 0.465 e. The van der Waals surface area contributed by atoms with Gasteiger partial charge in [-0.25, -0.2) is 4.79 Å². The average molecular weight is 426 g/mol. The standard InChI is InChI=1S/C24H31N3O4/c1-15-8-6-7-9-19(15)14-20(28)27-12-10-26(11-13-27)18(4)23(29)22-16(2)21(17(3)25-22)24(30)31-5/h6-9,18,25H,10-14H2,1-5H3. The lowest BCUT2D eigenvalue weighted by atomic mass is 10.0. The number of hydrogen-bond donors (Lipinski definition) is 1. The highest BCUT2D eigenvalue weighted by Crippen LogP contribution is 2.22. The van der Waals surface area contributed by atoms with Gasteiger partial charge in [-0.1, -0.05) is 24.3 Å². The van der Waals surface area contributed by atoms with E-state index in [1.807, 2.05) is 43.0 Å². The summed E-state index contributed by atoms with van der Waals surface area (Å²) in [5.74, 6) is -0.388. The second-order valence-corrected chi connectivity index (χ2v) is 8.18. The molecule has 0 saturated carbocycles. The second-order valence-electron chi connectivity index (χ2n) is 8.18. The van der Waals surface area contributed by atoms with Crippen molar-refractivity contribution in [3.63, 3.8) is 0 Å². The van der Waals surface area contributed by atoms with E-state index >= 15 is 0 Å². The molecule has 1 N–H and O–H groups in total. The fourth-order valence-electron chi connectivity index (χ4n) is 4.22. The van der Waals surface area contributed by atoms with Crippen molar-refractivity contribution in [1.29, 1.82) is 0 Å². The summed E-state index contributed by atoms with van der Waals surface area (Å²) in [4.78, 5) is 44.9. The predicted octanol–water partition coefficient (Wildman–Crippen LogP) is 2.68. The fraction of sp³-hybridized carbons (Fsp3) is 0.458. The first-order valence-electron chi connectivity index (χ1n) is 10.6. The molecule has 2 aromatic rings. The second kappa shape index (κ2) is 9.47. The third kappa shape index (κ3) is 4.71. The van der Waals surface area contributed by atoms with Crippen LogP contribution >= 0.6 is 0 Å². The number of methoxy groups -OCH3 is 1. The number of rotatable bonds is 6. The minimum atomic E-state index is -0.446. The van der Waals surface area contributed by atoms with Crippen molar-refractivity contribution >= 4 is 17.7 Å². The molecule has 1 aliphatic heterocycles. The summed E-state index contributed by atoms with van der Waals surface area (Å²) in [6.07, 6.45) is 0.401. The first-order chi connectivity index (χ1) is 14.7. The molecular formula is C24H31N3O4. The summed E-state index contributed by atoms with van der Waals surface area (Å²) < 4.78 is 4.83. The quantitative estimate of drug-likeness (QED) is 0.568. The molecular weight excluding hydrogens is 394 g/mol. The van der Waals surface area contributed by atoms with Gasteiger partial charge in [0.05, 0.1) is 30.8 Å². The number of nitrogens with zero attached hydrogens (tertiary/aromatic N) is 2. The van der Waals surface area contributed by atoms with Gasteiger partial charge in [-0.05, 0) is 44.4 Å². The van der Waals surface area contributed by atoms with E-state index in [4.69, 9.17) is 4.74 Å². The van der Waals surface area contributed by atoms with Crippen LogP contribution in [0.2, 0.25) is 0 Å². The van der Waals surface area contributed by atoms with Gasteiger partial charge in [-0.2, -0.15) is 0 Å². The molecule has 1 atom stereocenters. The summed E-state index contributed by atoms with van der Waals surface area (Å²) in [6, 6.07) is 7.59. The number of benzene rings is 1. The van der Waals surface area contributed by atoms with Crippen molar-refractivity contribution in [2.75, 3.05) is 33.3 Å². The van der Waals surface area contributed by atoms with Crippen LogP contribution in [0.4, 0.5) is 0 Å². The van der Waals surface area contributed by atoms with Gasteiger partial charge in [-0.3, -0.25) is 14.5 Å². The van der Waals surface area contributed by atoms with Crippen molar-refractivity contribution in [3.8, 4) is 0 Å². The van der Waals surface area contributed by atoms with E-state index in [0.29, 0.717) is 55.1 Å². The Balaban J connectivity index is 1.62. The number of esters is 1. The number of Topliss-reactive ketones (excluding diaryl/α,β-unsaturated/α-hetero) is 1. The molecule has 1 fully saturated rings. The highest BCUT2D eigenvalue weighted by Gasteiger charge is 2.31. The van der Waals surface area contributed by atoms with Crippen LogP contribution in [-0.2, 0) is 16.0 Å². The smallest absolute Gasteiger partial charge is 0.339 e. The first kappa shape index (κ1) is 22.7. The molecule has 3 rings (SSSR count). The Hall–Kier alpha value is -2.93. The zero-order valence-electron chi connectivity index (χ0n) is 18.9. The molecule has 1 aromatic carbocycles. The van der Waals surface area contributed by atoms with E-state index in [2.05, 4.69) is 9.88 Å². The molecule has 0 aliphatic carbocycles. The van der Waals surface area contributed by atoms with E-state index in [1.54, 1.807) is 13.8 Å². The Kier molecular flexibility index (Phi) is 6.95. The Morgan fingerprint density at radius 1 is 1.06 bits per heavy atom. The number of ketones is 1. The van der Waals surface area contributed by atoms with E-state index in [0.717, 1.165) is 11.1 Å². The highest BCUT2D eigenvalue weighted by atomic mass is 16.5. The minimum absolute atomic E-state index is 0.0598. The van der Waals surface area contributed by atoms with Gasteiger partial charge in [0.15, 0.2) is 5.78 Å². The number of carbonyl (C=O) groups is 3. The van der Waals surface area contributed by atoms with E-state index in [9.17, 15) is 14.4 Å². The summed E-state index contributed by atoms with van der Waals surface area (Å²) in [6.45, 7) is 9.88. The Morgan fingerprint density at radius 2 is 1.71 bits per heavy atom. The Bertz CT molecular complexity index is 987. The van der Waals surface area contributed by atoms with E-state index < -0.39 is 5.97 Å². The van der Waals surface area contributed by atoms with Crippen LogP contribution in [0.1, 0.15) is 50.2 Å². The zero-order chi connectivity index (χ0) is 22.7. The lowest BCUT2D eigenvalue weighted by molar-refractivity contribution is -0.132. The van der Waals surface area contributed by atoms with Gasteiger partial charge in [0.2, 0.25) is 5.91 Å². The SMILES string of the molecule is COC(=O)c1c(C)[nH]c(C(=O)C(C)N2CCN(C(=O)Cc3ccccc3C)CC2)c1C. The number of carbonyl (C=O) groups excluding carboxylic acids is 3. The number of aryl methyl sites for hydroxylation is 2. The van der Waals surface area contributed by atoms with Crippen LogP contribution in [0.15, 0.2) is 24.3 Å². The number of aromatic amines is 1. The maximum Gasteiger partial charge on any atom is 0.339 e. The molecule has 1 amide bonds. The Labute approximate surface area is 183 Å². The molecule has 1 aromatic heterocycles. The number of ether oxygens (including phenoxy) is 1. The molecule has 166 valence electrons. The van der Waals surface area contributed by atoms with Crippen molar-refractivity contribution in [3.05, 3.63) is 57.9 Å². The molecule has 0 bridgehead atoms. The van der Waals surface area contributed by atoms with Crippen molar-refractivity contribution < 1.29 is 19.1 Å². The zero-order valence-corrected chi connectivity index (χ0v) is 18.9. The normalized spacial score (nSPS) is 15.6. The number of nitrogens with one attached hydrogen (secondary N) is 1. The Morgan fingerprint density at radius 3 is 2.32 bits per heavy atom. The first-order valence-corrected chi connectivity index (χ1v) is 10.6. The van der Waals surface area contributed by atoms with Gasteiger partial charge in [0, 0.05) is 31.9 Å². The molecule has 7 nitrogen and oxygen atoms in total. The predicted molar refractivity (Wildman–Crippen MR) is 118 cm³/mol. The van der Waals surface area contributed by atoms with Crippen molar-refractivity contribution in [2.45, 2.75) is 40.2 Å². The van der Waals surface area contributed by atoms with E-state index in [-0.39, 0.29) is 17.7 Å². The molecule has 7 heteroatoms. The van der Waals surface area contributed by atoms with Crippen molar-refractivity contribution in [1.82, 2.24) is 14.8 Å². The van der Waals surface area contributed by atoms with Crippen LogP contribution in [0.25, 0.3) is 0 Å². The lowest BCUT2D eigenvalue weighted by Gasteiger charge is -2.37. The average Bonchev–Trinajstić information content (AvgIpc) is 3.07. The van der Waals surface area contributed by atoms with Crippen molar-refractivity contribution in [2.24, 2.45) is 0 Å². The molecule has 1 saturated heterocycles. The third-order valence-corrected chi connectivity index (χ3v) is 6.27. The van der Waals surface area contributed by atoms with Crippen LogP contribution < -0.4 is 0 Å². The van der Waals surface area contributed by atoms with Gasteiger partial charge < -0.3 is 14.6 Å². The van der Waals surface area contributed by atoms with Crippen LogP contribution in [0, 0.1) is 20.8 Å². The maximum absolute atomic E-state index is 13.1. The fourth-order valence-corrected chi connectivity index (χ4v) is 4.22. The highest BCUT2D eigenvalue weighted by molar-refractivity contribution is 6.03. The van der Waals surface area contributed by atoms with Gasteiger partial charge in [0.1, 0.15) is 0 Å². The molecule has 0 spiro atoms. The number of H-pyrrole nitrogens is 1. The molecule has 31 heavy (non-hydrogen) atoms. The van der Waals surface area contributed by atoms with Gasteiger partial charge in [-0.15, -0.1) is 0 Å². The third-order valence-electron chi connectivity index (χ3n) is 6.27. The molecule has 1 aliphatic rings. The number of hydrogen-bond acceptors (Lipinski definition) is 5. The van der Waals surface area contributed by atoms with Gasteiger partial charge in [0.25, 0.3) is 0 Å². The van der Waals surface area contributed by atoms with Gasteiger partial charge >= 0.3 is 5.97 Å². The van der Waals surface area contributed by atoms with Crippen LogP contribution in [0.5, 0.6) is 0 Å². The summed E-state index contributed by atoms with van der Waals surface area (Å²) in [5, 5.41) is 0. The summed E-state index contributed by atoms with van der Waals surface area (Å²) in [7, 11) is 1.33.